The molecule has 0 aromatic rings. The molecule has 2 aliphatic carbocycles. The number of nitrogens with zero attached hydrogens (tertiary/aromatic N) is 1. The maximum Gasteiger partial charge on any atom is 0.139 e. The topological polar surface area (TPSA) is 32.3 Å². The minimum absolute atomic E-state index is 0.420. The summed E-state index contributed by atoms with van der Waals surface area (Å²) in [5.41, 5.74) is 0. The Bertz CT molecular complexity index is 244. The summed E-state index contributed by atoms with van der Waals surface area (Å²) in [6.45, 7) is 4.61. The summed E-state index contributed by atoms with van der Waals surface area (Å²) in [6.07, 6.45) is 4.64. The molecule has 3 fully saturated rings. The number of hydrogen-bond donors (Lipinski definition) is 1. The highest BCUT2D eigenvalue weighted by Crippen LogP contribution is 2.40. The predicted molar refractivity (Wildman–Crippen MR) is 58.7 cm³/mol. The fourth-order valence-corrected chi connectivity index (χ4v) is 3.59. The van der Waals surface area contributed by atoms with Gasteiger partial charge < -0.3 is 5.32 Å². The lowest BCUT2D eigenvalue weighted by molar-refractivity contribution is -0.127. The van der Waals surface area contributed by atoms with Crippen molar-refractivity contribution in [3.8, 4) is 0 Å². The molecule has 1 saturated heterocycles. The molecule has 0 amide bonds. The zero-order valence-electron chi connectivity index (χ0n) is 9.24. The highest BCUT2D eigenvalue weighted by molar-refractivity contribution is 5.86. The van der Waals surface area contributed by atoms with Crippen LogP contribution in [0.2, 0.25) is 0 Å². The molecule has 1 aliphatic heterocycles. The SMILES string of the molecule is O=C1C2CCC1CC(N1CCNCC1)C2. The molecule has 0 aromatic heterocycles. The second kappa shape index (κ2) is 3.87. The van der Waals surface area contributed by atoms with Gasteiger partial charge in [0, 0.05) is 44.1 Å². The fourth-order valence-electron chi connectivity index (χ4n) is 3.59. The van der Waals surface area contributed by atoms with Crippen molar-refractivity contribution in [2.45, 2.75) is 31.7 Å². The molecule has 1 N–H and O–H groups in total. The summed E-state index contributed by atoms with van der Waals surface area (Å²) in [4.78, 5) is 14.4. The van der Waals surface area contributed by atoms with Crippen LogP contribution in [0.15, 0.2) is 0 Å². The number of nitrogens with one attached hydrogen (secondary N) is 1. The number of carbonyl (C=O) groups excluding carboxylic acids is 1. The molecule has 15 heavy (non-hydrogen) atoms. The molecule has 2 atom stereocenters. The van der Waals surface area contributed by atoms with Crippen LogP contribution in [0.1, 0.15) is 25.7 Å². The fraction of sp³-hybridized carbons (Fsp3) is 0.917. The first-order valence-corrected chi connectivity index (χ1v) is 6.33. The number of piperazine rings is 1. The highest BCUT2D eigenvalue weighted by atomic mass is 16.1. The summed E-state index contributed by atoms with van der Waals surface area (Å²) in [5, 5.41) is 3.39. The van der Waals surface area contributed by atoms with E-state index in [1.54, 1.807) is 0 Å². The van der Waals surface area contributed by atoms with Gasteiger partial charge in [0.15, 0.2) is 0 Å². The lowest BCUT2D eigenvalue weighted by atomic mass is 9.83. The average molecular weight is 208 g/mol. The van der Waals surface area contributed by atoms with Crippen LogP contribution >= 0.6 is 0 Å². The van der Waals surface area contributed by atoms with E-state index in [9.17, 15) is 4.79 Å². The van der Waals surface area contributed by atoms with Crippen molar-refractivity contribution >= 4 is 5.78 Å². The minimum Gasteiger partial charge on any atom is -0.314 e. The van der Waals surface area contributed by atoms with Gasteiger partial charge in [-0.05, 0) is 25.7 Å². The molecule has 84 valence electrons. The van der Waals surface area contributed by atoms with Crippen molar-refractivity contribution in [3.05, 3.63) is 0 Å². The molecule has 3 rings (SSSR count). The van der Waals surface area contributed by atoms with Crippen LogP contribution in [0.4, 0.5) is 0 Å². The van der Waals surface area contributed by atoms with E-state index < -0.39 is 0 Å². The van der Waals surface area contributed by atoms with Gasteiger partial charge in [-0.15, -0.1) is 0 Å². The van der Waals surface area contributed by atoms with E-state index in [0.29, 0.717) is 23.7 Å². The Hall–Kier alpha value is -0.410. The molecular weight excluding hydrogens is 188 g/mol. The zero-order valence-corrected chi connectivity index (χ0v) is 9.24. The first-order valence-electron chi connectivity index (χ1n) is 6.33. The Morgan fingerprint density at radius 2 is 1.67 bits per heavy atom. The van der Waals surface area contributed by atoms with E-state index in [1.165, 1.54) is 25.9 Å². The quantitative estimate of drug-likeness (QED) is 0.686. The molecule has 0 spiro atoms. The molecule has 3 aliphatic rings. The van der Waals surface area contributed by atoms with E-state index in [0.717, 1.165) is 25.9 Å². The standard InChI is InChI=1S/C12H20N2O/c15-12-9-1-2-10(12)8-11(7-9)14-5-3-13-4-6-14/h9-11,13H,1-8H2. The Balaban J connectivity index is 1.66. The van der Waals surface area contributed by atoms with Gasteiger partial charge in [0.1, 0.15) is 5.78 Å². The first kappa shape index (κ1) is 9.79. The molecule has 3 nitrogen and oxygen atoms in total. The summed E-state index contributed by atoms with van der Waals surface area (Å²) in [7, 11) is 0. The number of Topliss-reactive ketones (excluding diaryl/α,β-unsaturated/α-hetero) is 1. The molecular formula is C12H20N2O. The Morgan fingerprint density at radius 1 is 1.07 bits per heavy atom. The van der Waals surface area contributed by atoms with E-state index >= 15 is 0 Å². The molecule has 3 heteroatoms. The van der Waals surface area contributed by atoms with E-state index in [-0.39, 0.29) is 0 Å². The van der Waals surface area contributed by atoms with Gasteiger partial charge in [0.2, 0.25) is 0 Å². The van der Waals surface area contributed by atoms with Gasteiger partial charge in [-0.1, -0.05) is 0 Å². The van der Waals surface area contributed by atoms with Crippen LogP contribution in [0, 0.1) is 11.8 Å². The molecule has 2 unspecified atom stereocenters. The largest absolute Gasteiger partial charge is 0.314 e. The normalized spacial score (nSPS) is 42.1. The summed E-state index contributed by atoms with van der Waals surface area (Å²) in [6, 6.07) is 0.710. The molecule has 0 aromatic carbocycles. The Labute approximate surface area is 91.2 Å². The molecule has 2 saturated carbocycles. The third-order valence-corrected chi connectivity index (χ3v) is 4.45. The van der Waals surface area contributed by atoms with Crippen molar-refractivity contribution in [3.63, 3.8) is 0 Å². The van der Waals surface area contributed by atoms with Gasteiger partial charge in [0.05, 0.1) is 0 Å². The molecule has 0 radical (unpaired) electrons. The smallest absolute Gasteiger partial charge is 0.139 e. The average Bonchev–Trinajstić information content (AvgIpc) is 2.54. The van der Waals surface area contributed by atoms with Crippen LogP contribution in [0.5, 0.6) is 0 Å². The van der Waals surface area contributed by atoms with Gasteiger partial charge in [-0.2, -0.15) is 0 Å². The second-order valence-electron chi connectivity index (χ2n) is 5.28. The Kier molecular flexibility index (Phi) is 2.53. The highest BCUT2D eigenvalue weighted by Gasteiger charge is 2.42. The predicted octanol–water partition coefficient (Wildman–Crippen LogP) is 0.649. The lowest BCUT2D eigenvalue weighted by Crippen LogP contribution is -2.51. The van der Waals surface area contributed by atoms with Gasteiger partial charge in [-0.3, -0.25) is 9.69 Å². The second-order valence-corrected chi connectivity index (χ2v) is 5.28. The monoisotopic (exact) mass is 208 g/mol. The van der Waals surface area contributed by atoms with Gasteiger partial charge >= 0.3 is 0 Å². The molecule has 2 bridgehead atoms. The van der Waals surface area contributed by atoms with Crippen LogP contribution in [0.3, 0.4) is 0 Å². The Morgan fingerprint density at radius 3 is 2.27 bits per heavy atom. The van der Waals surface area contributed by atoms with E-state index in [2.05, 4.69) is 10.2 Å². The van der Waals surface area contributed by atoms with Crippen molar-refractivity contribution in [1.82, 2.24) is 10.2 Å². The number of fused-ring (bicyclic) bond motifs is 2. The summed E-state index contributed by atoms with van der Waals surface area (Å²) < 4.78 is 0. The van der Waals surface area contributed by atoms with Gasteiger partial charge in [0.25, 0.3) is 0 Å². The van der Waals surface area contributed by atoms with E-state index in [4.69, 9.17) is 0 Å². The maximum atomic E-state index is 11.8. The minimum atomic E-state index is 0.420. The number of ketones is 1. The van der Waals surface area contributed by atoms with Crippen molar-refractivity contribution in [1.29, 1.82) is 0 Å². The maximum absolute atomic E-state index is 11.8. The summed E-state index contributed by atoms with van der Waals surface area (Å²) in [5.74, 6) is 1.42. The van der Waals surface area contributed by atoms with Crippen LogP contribution < -0.4 is 5.32 Å². The zero-order chi connectivity index (χ0) is 10.3. The first-order chi connectivity index (χ1) is 7.34. The van der Waals surface area contributed by atoms with Crippen LogP contribution in [0.25, 0.3) is 0 Å². The van der Waals surface area contributed by atoms with Crippen molar-refractivity contribution in [2.75, 3.05) is 26.2 Å². The third-order valence-electron chi connectivity index (χ3n) is 4.45. The van der Waals surface area contributed by atoms with Gasteiger partial charge in [-0.25, -0.2) is 0 Å². The molecule has 1 heterocycles. The lowest BCUT2D eigenvalue weighted by Gasteiger charge is -2.38. The third kappa shape index (κ3) is 1.72. The van der Waals surface area contributed by atoms with Crippen molar-refractivity contribution < 1.29 is 4.79 Å². The van der Waals surface area contributed by atoms with Crippen LogP contribution in [-0.4, -0.2) is 42.9 Å². The number of rotatable bonds is 1. The van der Waals surface area contributed by atoms with Crippen molar-refractivity contribution in [2.24, 2.45) is 11.8 Å². The van der Waals surface area contributed by atoms with Crippen LogP contribution in [-0.2, 0) is 4.79 Å². The number of hydrogen-bond acceptors (Lipinski definition) is 3. The summed E-state index contributed by atoms with van der Waals surface area (Å²) >= 11 is 0. The number of carbonyl (C=O) groups is 1. The van der Waals surface area contributed by atoms with E-state index in [1.807, 2.05) is 0 Å².